The molecule has 10 heteroatoms. The van der Waals surface area contributed by atoms with E-state index in [0.717, 1.165) is 6.42 Å². The summed E-state index contributed by atoms with van der Waals surface area (Å²) >= 11 is 6.28. The minimum atomic E-state index is -3.65. The molecule has 2 heterocycles. The van der Waals surface area contributed by atoms with Crippen molar-refractivity contribution in [2.45, 2.75) is 17.7 Å². The Morgan fingerprint density at radius 2 is 1.69 bits per heavy atom. The van der Waals surface area contributed by atoms with E-state index in [1.165, 1.54) is 23.5 Å². The number of halogens is 1. The summed E-state index contributed by atoms with van der Waals surface area (Å²) in [5.41, 5.74) is 0.969. The number of benzene rings is 2. The summed E-state index contributed by atoms with van der Waals surface area (Å²) in [5.74, 6) is 0.363. The molecule has 2 aromatic rings. The molecule has 0 aromatic heterocycles. The Balaban J connectivity index is 1.45. The van der Waals surface area contributed by atoms with Gasteiger partial charge in [-0.15, -0.1) is 0 Å². The summed E-state index contributed by atoms with van der Waals surface area (Å²) in [6.07, 6.45) is 1.23. The number of carbonyl (C=O) groups is 2. The van der Waals surface area contributed by atoms with Gasteiger partial charge in [-0.05, 0) is 48.9 Å². The van der Waals surface area contributed by atoms with Crippen LogP contribution in [0.2, 0.25) is 5.02 Å². The first-order valence-electron chi connectivity index (χ1n) is 10.3. The average molecular weight is 478 g/mol. The molecule has 2 fully saturated rings. The number of nitrogens with zero attached hydrogens (tertiary/aromatic N) is 3. The number of methoxy groups -OCH3 is 1. The minimum Gasteiger partial charge on any atom is -0.497 e. The smallest absolute Gasteiger partial charge is 0.254 e. The number of rotatable bonds is 5. The lowest BCUT2D eigenvalue weighted by Crippen LogP contribution is -2.50. The van der Waals surface area contributed by atoms with Crippen LogP contribution in [-0.2, 0) is 14.8 Å². The summed E-state index contributed by atoms with van der Waals surface area (Å²) in [6.45, 7) is 1.53. The maximum atomic E-state index is 13.1. The molecular weight excluding hydrogens is 454 g/mol. The zero-order valence-corrected chi connectivity index (χ0v) is 19.2. The maximum absolute atomic E-state index is 13.1. The van der Waals surface area contributed by atoms with Crippen LogP contribution in [0.15, 0.2) is 47.4 Å². The molecule has 2 aromatic carbocycles. The molecule has 0 bridgehead atoms. The third kappa shape index (κ3) is 4.32. The molecule has 0 spiro atoms. The summed E-state index contributed by atoms with van der Waals surface area (Å²) < 4.78 is 32.3. The first-order chi connectivity index (χ1) is 15.3. The summed E-state index contributed by atoms with van der Waals surface area (Å²) in [5, 5.41) is 0.423. The van der Waals surface area contributed by atoms with E-state index in [1.807, 2.05) is 0 Å². The van der Waals surface area contributed by atoms with Gasteiger partial charge in [0.05, 0.1) is 22.7 Å². The summed E-state index contributed by atoms with van der Waals surface area (Å²) in [7, 11) is -2.13. The predicted molar refractivity (Wildman–Crippen MR) is 121 cm³/mol. The molecule has 2 amide bonds. The van der Waals surface area contributed by atoms with Gasteiger partial charge in [-0.2, -0.15) is 4.31 Å². The Hall–Kier alpha value is -2.62. The SMILES string of the molecule is COc1ccc(S(=O)(=O)N2CCN(C(=O)c3ccc(Cl)c(N4CCCC4=O)c3)CC2)cc1. The molecule has 2 saturated heterocycles. The molecule has 0 radical (unpaired) electrons. The third-order valence-corrected chi connectivity index (χ3v) is 8.01. The molecule has 0 aliphatic carbocycles. The Labute approximate surface area is 192 Å². The van der Waals surface area contributed by atoms with Crippen molar-refractivity contribution in [2.24, 2.45) is 0 Å². The fourth-order valence-corrected chi connectivity index (χ4v) is 5.61. The second-order valence-electron chi connectivity index (χ2n) is 7.69. The zero-order valence-electron chi connectivity index (χ0n) is 17.7. The van der Waals surface area contributed by atoms with Crippen LogP contribution in [0.4, 0.5) is 5.69 Å². The number of hydrogen-bond donors (Lipinski definition) is 0. The first-order valence-corrected chi connectivity index (χ1v) is 12.2. The summed E-state index contributed by atoms with van der Waals surface area (Å²) in [4.78, 5) is 28.6. The van der Waals surface area contributed by atoms with Crippen molar-refractivity contribution < 1.29 is 22.7 Å². The molecule has 0 saturated carbocycles. The van der Waals surface area contributed by atoms with E-state index in [4.69, 9.17) is 16.3 Å². The van der Waals surface area contributed by atoms with Crippen LogP contribution in [0.25, 0.3) is 0 Å². The lowest BCUT2D eigenvalue weighted by molar-refractivity contribution is -0.117. The Kier molecular flexibility index (Phi) is 6.41. The highest BCUT2D eigenvalue weighted by Gasteiger charge is 2.31. The van der Waals surface area contributed by atoms with E-state index in [0.29, 0.717) is 35.0 Å². The average Bonchev–Trinajstić information content (AvgIpc) is 3.24. The van der Waals surface area contributed by atoms with Crippen molar-refractivity contribution in [3.05, 3.63) is 53.1 Å². The van der Waals surface area contributed by atoms with Crippen molar-refractivity contribution >= 4 is 39.1 Å². The van der Waals surface area contributed by atoms with E-state index >= 15 is 0 Å². The lowest BCUT2D eigenvalue weighted by atomic mass is 10.1. The third-order valence-electron chi connectivity index (χ3n) is 5.78. The van der Waals surface area contributed by atoms with Crippen molar-refractivity contribution in [1.82, 2.24) is 9.21 Å². The van der Waals surface area contributed by atoms with E-state index in [1.54, 1.807) is 40.1 Å². The predicted octanol–water partition coefficient (Wildman–Crippen LogP) is 2.62. The first kappa shape index (κ1) is 22.6. The number of anilines is 1. The quantitative estimate of drug-likeness (QED) is 0.660. The Morgan fingerprint density at radius 3 is 2.28 bits per heavy atom. The molecule has 2 aliphatic heterocycles. The van der Waals surface area contributed by atoms with E-state index in [2.05, 4.69) is 0 Å². The van der Waals surface area contributed by atoms with Gasteiger partial charge in [0, 0.05) is 44.7 Å². The van der Waals surface area contributed by atoms with Crippen LogP contribution >= 0.6 is 11.6 Å². The van der Waals surface area contributed by atoms with Gasteiger partial charge >= 0.3 is 0 Å². The lowest BCUT2D eigenvalue weighted by Gasteiger charge is -2.34. The van der Waals surface area contributed by atoms with Crippen LogP contribution in [0, 0.1) is 0 Å². The standard InChI is InChI=1S/C22H24ClN3O5S/c1-31-17-5-7-18(8-6-17)32(29,30)25-13-11-24(12-14-25)22(28)16-4-9-19(23)20(15-16)26-10-2-3-21(26)27/h4-9,15H,2-3,10-14H2,1H3. The van der Waals surface area contributed by atoms with Gasteiger partial charge in [0.15, 0.2) is 0 Å². The molecule has 170 valence electrons. The van der Waals surface area contributed by atoms with Gasteiger partial charge in [-0.1, -0.05) is 11.6 Å². The molecule has 4 rings (SSSR count). The minimum absolute atomic E-state index is 0.00569. The van der Waals surface area contributed by atoms with Crippen LogP contribution in [0.3, 0.4) is 0 Å². The Bertz CT molecular complexity index is 1130. The molecule has 0 atom stereocenters. The van der Waals surface area contributed by atoms with Crippen LogP contribution in [-0.4, -0.2) is 69.3 Å². The molecule has 32 heavy (non-hydrogen) atoms. The number of carbonyl (C=O) groups excluding carboxylic acids is 2. The molecule has 8 nitrogen and oxygen atoms in total. The normalized spacial score (nSPS) is 17.6. The van der Waals surface area contributed by atoms with Crippen LogP contribution in [0.1, 0.15) is 23.2 Å². The highest BCUT2D eigenvalue weighted by molar-refractivity contribution is 7.89. The van der Waals surface area contributed by atoms with Crippen LogP contribution in [0.5, 0.6) is 5.75 Å². The van der Waals surface area contributed by atoms with Gasteiger partial charge in [0.2, 0.25) is 15.9 Å². The number of sulfonamides is 1. The highest BCUT2D eigenvalue weighted by atomic mass is 35.5. The molecular formula is C22H24ClN3O5S. The molecule has 0 unspecified atom stereocenters. The van der Waals surface area contributed by atoms with Crippen molar-refractivity contribution in [1.29, 1.82) is 0 Å². The second kappa shape index (κ2) is 9.09. The van der Waals surface area contributed by atoms with Gasteiger partial charge in [-0.3, -0.25) is 9.59 Å². The number of hydrogen-bond acceptors (Lipinski definition) is 5. The van der Waals surface area contributed by atoms with Gasteiger partial charge in [-0.25, -0.2) is 8.42 Å². The highest BCUT2D eigenvalue weighted by Crippen LogP contribution is 2.31. The monoisotopic (exact) mass is 477 g/mol. The van der Waals surface area contributed by atoms with Crippen molar-refractivity contribution in [2.75, 3.05) is 44.7 Å². The van der Waals surface area contributed by atoms with E-state index < -0.39 is 10.0 Å². The Morgan fingerprint density at radius 1 is 1.00 bits per heavy atom. The second-order valence-corrected chi connectivity index (χ2v) is 10.0. The van der Waals surface area contributed by atoms with Gasteiger partial charge < -0.3 is 14.5 Å². The summed E-state index contributed by atoms with van der Waals surface area (Å²) in [6, 6.07) is 11.1. The number of piperazine rings is 1. The van der Waals surface area contributed by atoms with Crippen molar-refractivity contribution in [3.63, 3.8) is 0 Å². The van der Waals surface area contributed by atoms with Crippen LogP contribution < -0.4 is 9.64 Å². The van der Waals surface area contributed by atoms with E-state index in [9.17, 15) is 18.0 Å². The van der Waals surface area contributed by atoms with Crippen molar-refractivity contribution in [3.8, 4) is 5.75 Å². The topological polar surface area (TPSA) is 87.2 Å². The molecule has 2 aliphatic rings. The zero-order chi connectivity index (χ0) is 22.9. The fourth-order valence-electron chi connectivity index (χ4n) is 3.97. The largest absolute Gasteiger partial charge is 0.497 e. The van der Waals surface area contributed by atoms with Gasteiger partial charge in [0.1, 0.15) is 5.75 Å². The fraction of sp³-hybridized carbons (Fsp3) is 0.364. The maximum Gasteiger partial charge on any atom is 0.254 e. The van der Waals surface area contributed by atoms with Gasteiger partial charge in [0.25, 0.3) is 5.91 Å². The van der Waals surface area contributed by atoms with E-state index in [-0.39, 0.29) is 42.9 Å². The number of ether oxygens (including phenoxy) is 1. The number of amides is 2. The molecule has 0 N–H and O–H groups in total.